The molecule has 1 aliphatic carbocycles. The first-order chi connectivity index (χ1) is 7.37. The van der Waals surface area contributed by atoms with Gasteiger partial charge in [0, 0.05) is 24.7 Å². The largest absolute Gasteiger partial charge is 0.444 e. The van der Waals surface area contributed by atoms with E-state index >= 15 is 0 Å². The Balaban J connectivity index is 1.77. The number of nitrogens with one attached hydrogen (secondary N) is 1. The Morgan fingerprint density at radius 1 is 1.38 bits per heavy atom. The summed E-state index contributed by atoms with van der Waals surface area (Å²) in [7, 11) is 0. The van der Waals surface area contributed by atoms with Crippen LogP contribution in [-0.4, -0.2) is 41.3 Å². The third-order valence-corrected chi connectivity index (χ3v) is 3.12. The van der Waals surface area contributed by atoms with E-state index in [1.54, 1.807) is 4.90 Å². The van der Waals surface area contributed by atoms with E-state index in [-0.39, 0.29) is 12.1 Å². The monoisotopic (exact) mass is 226 g/mol. The molecular formula is C12H22N2O2. The van der Waals surface area contributed by atoms with Gasteiger partial charge in [0.1, 0.15) is 5.60 Å². The summed E-state index contributed by atoms with van der Waals surface area (Å²) in [6.07, 6.45) is 2.39. The number of hydrogen-bond donors (Lipinski definition) is 1. The van der Waals surface area contributed by atoms with Crippen molar-refractivity contribution in [1.29, 1.82) is 0 Å². The number of ether oxygens (including phenoxy) is 1. The van der Waals surface area contributed by atoms with Gasteiger partial charge in [0.25, 0.3) is 0 Å². The SMILES string of the molecule is C[C@@H]1[C@@H](NC2CC2)CN1C(=O)OC(C)(C)C. The minimum absolute atomic E-state index is 0.186. The van der Waals surface area contributed by atoms with E-state index in [0.717, 1.165) is 6.54 Å². The van der Waals surface area contributed by atoms with Crippen molar-refractivity contribution in [2.75, 3.05) is 6.54 Å². The summed E-state index contributed by atoms with van der Waals surface area (Å²) in [6.45, 7) is 8.56. The molecule has 0 unspecified atom stereocenters. The van der Waals surface area contributed by atoms with Crippen LogP contribution in [0.15, 0.2) is 0 Å². The highest BCUT2D eigenvalue weighted by Gasteiger charge is 2.42. The summed E-state index contributed by atoms with van der Waals surface area (Å²) in [4.78, 5) is 13.6. The maximum atomic E-state index is 11.8. The Morgan fingerprint density at radius 3 is 2.44 bits per heavy atom. The Kier molecular flexibility index (Phi) is 2.86. The molecule has 0 aromatic heterocycles. The quantitative estimate of drug-likeness (QED) is 0.780. The van der Waals surface area contributed by atoms with E-state index in [2.05, 4.69) is 12.2 Å². The molecule has 1 heterocycles. The molecule has 0 radical (unpaired) electrons. The van der Waals surface area contributed by atoms with Crippen molar-refractivity contribution in [2.24, 2.45) is 0 Å². The van der Waals surface area contributed by atoms with Crippen LogP contribution in [-0.2, 0) is 4.74 Å². The number of likely N-dealkylation sites (tertiary alicyclic amines) is 1. The van der Waals surface area contributed by atoms with E-state index in [1.165, 1.54) is 12.8 Å². The molecule has 1 saturated heterocycles. The average molecular weight is 226 g/mol. The van der Waals surface area contributed by atoms with Crippen molar-refractivity contribution in [3.63, 3.8) is 0 Å². The molecule has 1 amide bonds. The summed E-state index contributed by atoms with van der Waals surface area (Å²) in [5, 5.41) is 3.54. The van der Waals surface area contributed by atoms with Gasteiger partial charge in [-0.3, -0.25) is 0 Å². The van der Waals surface area contributed by atoms with E-state index in [9.17, 15) is 4.79 Å². The smallest absolute Gasteiger partial charge is 0.410 e. The van der Waals surface area contributed by atoms with Crippen molar-refractivity contribution in [2.45, 2.75) is 64.3 Å². The summed E-state index contributed by atoms with van der Waals surface area (Å²) in [6, 6.07) is 1.42. The van der Waals surface area contributed by atoms with Crippen molar-refractivity contribution in [3.8, 4) is 0 Å². The van der Waals surface area contributed by atoms with E-state index in [0.29, 0.717) is 12.1 Å². The maximum Gasteiger partial charge on any atom is 0.410 e. The van der Waals surface area contributed by atoms with Crippen LogP contribution in [0, 0.1) is 0 Å². The lowest BCUT2D eigenvalue weighted by atomic mass is 9.99. The van der Waals surface area contributed by atoms with Crippen molar-refractivity contribution >= 4 is 6.09 Å². The fourth-order valence-corrected chi connectivity index (χ4v) is 1.92. The summed E-state index contributed by atoms with van der Waals surface area (Å²) in [5.41, 5.74) is -0.397. The van der Waals surface area contributed by atoms with Crippen LogP contribution >= 0.6 is 0 Å². The maximum absolute atomic E-state index is 11.8. The number of amides is 1. The second kappa shape index (κ2) is 3.91. The first-order valence-electron chi connectivity index (χ1n) is 6.12. The first-order valence-corrected chi connectivity index (χ1v) is 6.12. The minimum atomic E-state index is -0.397. The molecule has 16 heavy (non-hydrogen) atoms. The highest BCUT2D eigenvalue weighted by Crippen LogP contribution is 2.26. The minimum Gasteiger partial charge on any atom is -0.444 e. The molecule has 92 valence electrons. The van der Waals surface area contributed by atoms with E-state index in [4.69, 9.17) is 4.74 Å². The van der Waals surface area contributed by atoms with Crippen molar-refractivity contribution < 1.29 is 9.53 Å². The number of rotatable bonds is 2. The van der Waals surface area contributed by atoms with Gasteiger partial charge in [-0.05, 0) is 40.5 Å². The topological polar surface area (TPSA) is 41.6 Å². The standard InChI is InChI=1S/C12H22N2O2/c1-8-10(13-9-5-6-9)7-14(8)11(15)16-12(2,3)4/h8-10,13H,5-7H2,1-4H3/t8-,10+/m1/s1. The Morgan fingerprint density at radius 2 is 2.00 bits per heavy atom. The zero-order valence-electron chi connectivity index (χ0n) is 10.6. The van der Waals surface area contributed by atoms with Crippen LogP contribution in [0.1, 0.15) is 40.5 Å². The third kappa shape index (κ3) is 2.67. The molecule has 0 spiro atoms. The number of carbonyl (C=O) groups excluding carboxylic acids is 1. The van der Waals surface area contributed by atoms with Gasteiger partial charge in [-0.1, -0.05) is 0 Å². The molecule has 0 bridgehead atoms. The molecule has 1 aliphatic heterocycles. The fourth-order valence-electron chi connectivity index (χ4n) is 1.92. The van der Waals surface area contributed by atoms with Gasteiger partial charge in [-0.2, -0.15) is 0 Å². The molecule has 2 aliphatic rings. The van der Waals surface area contributed by atoms with Gasteiger partial charge in [0.15, 0.2) is 0 Å². The highest BCUT2D eigenvalue weighted by atomic mass is 16.6. The summed E-state index contributed by atoms with van der Waals surface area (Å²) in [5.74, 6) is 0. The fraction of sp³-hybridized carbons (Fsp3) is 0.917. The van der Waals surface area contributed by atoms with Gasteiger partial charge < -0.3 is 15.0 Å². The molecule has 1 N–H and O–H groups in total. The zero-order valence-corrected chi connectivity index (χ0v) is 10.6. The van der Waals surface area contributed by atoms with Gasteiger partial charge in [-0.25, -0.2) is 4.79 Å². The summed E-state index contributed by atoms with van der Waals surface area (Å²) >= 11 is 0. The van der Waals surface area contributed by atoms with Gasteiger partial charge >= 0.3 is 6.09 Å². The first kappa shape index (κ1) is 11.7. The molecule has 2 atom stereocenters. The van der Waals surface area contributed by atoms with Crippen LogP contribution in [0.25, 0.3) is 0 Å². The lowest BCUT2D eigenvalue weighted by molar-refractivity contribution is -0.0145. The Bertz CT molecular complexity index is 281. The lowest BCUT2D eigenvalue weighted by Gasteiger charge is -2.46. The van der Waals surface area contributed by atoms with Crippen LogP contribution in [0.3, 0.4) is 0 Å². The lowest BCUT2D eigenvalue weighted by Crippen LogP contribution is -2.66. The number of carbonyl (C=O) groups is 1. The molecule has 2 fully saturated rings. The molecule has 4 heteroatoms. The van der Waals surface area contributed by atoms with E-state index in [1.807, 2.05) is 20.8 Å². The van der Waals surface area contributed by atoms with Gasteiger partial charge in [0.2, 0.25) is 0 Å². The van der Waals surface area contributed by atoms with Crippen LogP contribution in [0.2, 0.25) is 0 Å². The Labute approximate surface area is 97.3 Å². The van der Waals surface area contributed by atoms with Crippen LogP contribution < -0.4 is 5.32 Å². The second-order valence-electron chi connectivity index (χ2n) is 5.92. The van der Waals surface area contributed by atoms with Crippen molar-refractivity contribution in [3.05, 3.63) is 0 Å². The number of hydrogen-bond acceptors (Lipinski definition) is 3. The number of nitrogens with zero attached hydrogens (tertiary/aromatic N) is 1. The highest BCUT2D eigenvalue weighted by molar-refractivity contribution is 5.70. The van der Waals surface area contributed by atoms with Gasteiger partial charge in [0.05, 0.1) is 0 Å². The Hall–Kier alpha value is -0.770. The van der Waals surface area contributed by atoms with Gasteiger partial charge in [-0.15, -0.1) is 0 Å². The summed E-state index contributed by atoms with van der Waals surface area (Å²) < 4.78 is 5.34. The second-order valence-corrected chi connectivity index (χ2v) is 5.92. The van der Waals surface area contributed by atoms with E-state index < -0.39 is 5.60 Å². The van der Waals surface area contributed by atoms with Crippen LogP contribution in [0.5, 0.6) is 0 Å². The molecule has 0 aromatic carbocycles. The molecule has 2 rings (SSSR count). The predicted octanol–water partition coefficient (Wildman–Crippen LogP) is 1.75. The predicted molar refractivity (Wildman–Crippen MR) is 62.3 cm³/mol. The van der Waals surface area contributed by atoms with Crippen LogP contribution in [0.4, 0.5) is 4.79 Å². The molecule has 0 aromatic rings. The third-order valence-electron chi connectivity index (χ3n) is 3.12. The molecular weight excluding hydrogens is 204 g/mol. The molecule has 1 saturated carbocycles. The normalized spacial score (nSPS) is 29.9. The molecule has 4 nitrogen and oxygen atoms in total. The zero-order chi connectivity index (χ0) is 11.9. The van der Waals surface area contributed by atoms with Crippen molar-refractivity contribution in [1.82, 2.24) is 10.2 Å². The average Bonchev–Trinajstić information content (AvgIpc) is 2.91.